The zero-order chi connectivity index (χ0) is 28.1. The number of H-pyrrole nitrogens is 1. The minimum Gasteiger partial charge on any atom is -0.497 e. The number of rotatable bonds is 8. The van der Waals surface area contributed by atoms with Crippen LogP contribution < -0.4 is 14.2 Å². The predicted molar refractivity (Wildman–Crippen MR) is 152 cm³/mol. The summed E-state index contributed by atoms with van der Waals surface area (Å²) in [7, 11) is 1.13. The lowest BCUT2D eigenvalue weighted by atomic mass is 9.70. The smallest absolute Gasteiger partial charge is 0.243 e. The Bertz CT molecular complexity index is 1640. The third kappa shape index (κ3) is 4.23. The van der Waals surface area contributed by atoms with E-state index in [-0.39, 0.29) is 17.5 Å². The van der Waals surface area contributed by atoms with Gasteiger partial charge in [0.1, 0.15) is 17.2 Å². The number of aromatic amines is 1. The van der Waals surface area contributed by atoms with E-state index in [2.05, 4.69) is 9.88 Å². The second-order valence-electron chi connectivity index (χ2n) is 10.5. The number of benzene rings is 3. The molecule has 0 saturated carbocycles. The van der Waals surface area contributed by atoms with Crippen molar-refractivity contribution < 1.29 is 27.7 Å². The molecule has 3 heterocycles. The van der Waals surface area contributed by atoms with E-state index in [9.17, 15) is 13.5 Å². The van der Waals surface area contributed by atoms with E-state index in [0.29, 0.717) is 31.9 Å². The van der Waals surface area contributed by atoms with Gasteiger partial charge in [-0.2, -0.15) is 4.31 Å². The molecule has 40 heavy (non-hydrogen) atoms. The second kappa shape index (κ2) is 10.1. The molecular weight excluding hydrogens is 530 g/mol. The number of hydrogen-bond acceptors (Lipinski definition) is 7. The summed E-state index contributed by atoms with van der Waals surface area (Å²) in [5.74, 6) is 2.11. The summed E-state index contributed by atoms with van der Waals surface area (Å²) in [6, 6.07) is 19.9. The van der Waals surface area contributed by atoms with Crippen LogP contribution in [0.4, 0.5) is 0 Å². The summed E-state index contributed by atoms with van der Waals surface area (Å²) in [5.41, 5.74) is 3.42. The largest absolute Gasteiger partial charge is 0.497 e. The van der Waals surface area contributed by atoms with Crippen molar-refractivity contribution in [1.82, 2.24) is 14.2 Å². The van der Waals surface area contributed by atoms with Gasteiger partial charge in [0.25, 0.3) is 0 Å². The highest BCUT2D eigenvalue weighted by Gasteiger charge is 2.55. The third-order valence-electron chi connectivity index (χ3n) is 8.24. The van der Waals surface area contributed by atoms with Crippen molar-refractivity contribution in [1.29, 1.82) is 0 Å². The Balaban J connectivity index is 1.41. The molecule has 3 aromatic carbocycles. The van der Waals surface area contributed by atoms with E-state index in [4.69, 9.17) is 14.2 Å². The number of methoxy groups -OCH3 is 3. The lowest BCUT2D eigenvalue weighted by molar-refractivity contribution is 0.0254. The third-order valence-corrected chi connectivity index (χ3v) is 10.0. The normalized spacial score (nSPS) is 18.9. The van der Waals surface area contributed by atoms with Crippen LogP contribution in [0.1, 0.15) is 22.9 Å². The first-order valence-electron chi connectivity index (χ1n) is 13.1. The Morgan fingerprint density at radius 3 is 2.30 bits per heavy atom. The molecule has 1 atom stereocenters. The van der Waals surface area contributed by atoms with E-state index < -0.39 is 15.4 Å². The van der Waals surface area contributed by atoms with Crippen LogP contribution in [-0.2, 0) is 22.0 Å². The van der Waals surface area contributed by atoms with Crippen molar-refractivity contribution in [2.45, 2.75) is 22.9 Å². The number of sulfonamides is 1. The number of para-hydroxylation sites is 1. The quantitative estimate of drug-likeness (QED) is 0.337. The van der Waals surface area contributed by atoms with E-state index >= 15 is 0 Å². The number of aromatic nitrogens is 1. The first-order chi connectivity index (χ1) is 19.3. The highest BCUT2D eigenvalue weighted by molar-refractivity contribution is 7.89. The highest BCUT2D eigenvalue weighted by Crippen LogP contribution is 2.50. The molecule has 2 aliphatic rings. The van der Waals surface area contributed by atoms with Crippen LogP contribution in [0.5, 0.6) is 17.2 Å². The van der Waals surface area contributed by atoms with Crippen LogP contribution in [0.15, 0.2) is 71.6 Å². The van der Waals surface area contributed by atoms with Crippen molar-refractivity contribution in [3.05, 3.63) is 83.6 Å². The maximum Gasteiger partial charge on any atom is 0.243 e. The molecule has 0 unspecified atom stereocenters. The summed E-state index contributed by atoms with van der Waals surface area (Å²) in [4.78, 5) is 6.03. The molecule has 2 aliphatic heterocycles. The van der Waals surface area contributed by atoms with Gasteiger partial charge in [0.05, 0.1) is 38.9 Å². The Morgan fingerprint density at radius 2 is 1.62 bits per heavy atom. The maximum absolute atomic E-state index is 13.6. The predicted octanol–water partition coefficient (Wildman–Crippen LogP) is 3.69. The van der Waals surface area contributed by atoms with Crippen molar-refractivity contribution in [2.24, 2.45) is 0 Å². The molecule has 0 radical (unpaired) electrons. The average molecular weight is 564 g/mol. The Labute approximate surface area is 233 Å². The van der Waals surface area contributed by atoms with E-state index in [1.807, 2.05) is 42.5 Å². The molecule has 210 valence electrons. The molecule has 2 N–H and O–H groups in total. The van der Waals surface area contributed by atoms with Gasteiger partial charge < -0.3 is 24.3 Å². The van der Waals surface area contributed by atoms with Gasteiger partial charge in [-0.25, -0.2) is 8.42 Å². The summed E-state index contributed by atoms with van der Waals surface area (Å²) >= 11 is 0. The molecule has 1 aromatic heterocycles. The van der Waals surface area contributed by atoms with Crippen molar-refractivity contribution in [3.63, 3.8) is 0 Å². The molecule has 1 saturated heterocycles. The molecule has 1 spiro atoms. The number of aliphatic hydroxyl groups excluding tert-OH is 1. The van der Waals surface area contributed by atoms with Crippen LogP contribution in [0.25, 0.3) is 10.9 Å². The minimum atomic E-state index is -3.70. The lowest BCUT2D eigenvalue weighted by Gasteiger charge is -2.55. The topological polar surface area (TPSA) is 104 Å². The van der Waals surface area contributed by atoms with Crippen LogP contribution in [0, 0.1) is 0 Å². The number of ether oxygens (including phenoxy) is 3. The molecule has 9 nitrogen and oxygen atoms in total. The van der Waals surface area contributed by atoms with Crippen LogP contribution in [0.3, 0.4) is 0 Å². The van der Waals surface area contributed by atoms with E-state index in [1.54, 1.807) is 49.9 Å². The van der Waals surface area contributed by atoms with Gasteiger partial charge in [-0.15, -0.1) is 0 Å². The number of nitrogens with zero attached hydrogens (tertiary/aromatic N) is 2. The number of nitrogens with one attached hydrogen (secondary N) is 1. The standard InChI is InChI=1S/C30H33N3O6S/c1-37-21-8-11-23(12-9-21)40(35,36)33-18-30(19-33)17-32(15-20-6-4-5-7-27(20)39-3)26(16-34)29-28(30)24-13-10-22(38-2)14-25(24)31-29/h4-14,26,31,34H,15-19H2,1-3H3/t26-/m1/s1. The van der Waals surface area contributed by atoms with Crippen LogP contribution >= 0.6 is 0 Å². The van der Waals surface area contributed by atoms with Crippen molar-refractivity contribution in [2.75, 3.05) is 47.6 Å². The van der Waals surface area contributed by atoms with Gasteiger partial charge in [-0.1, -0.05) is 18.2 Å². The van der Waals surface area contributed by atoms with Gasteiger partial charge in [0.15, 0.2) is 0 Å². The van der Waals surface area contributed by atoms with Crippen molar-refractivity contribution in [3.8, 4) is 17.2 Å². The fraction of sp³-hybridized carbons (Fsp3) is 0.333. The molecule has 6 rings (SSSR count). The summed E-state index contributed by atoms with van der Waals surface area (Å²) in [5, 5.41) is 11.7. The van der Waals surface area contributed by atoms with E-state index in [0.717, 1.165) is 39.2 Å². The first kappa shape index (κ1) is 26.6. The van der Waals surface area contributed by atoms with Crippen LogP contribution in [0.2, 0.25) is 0 Å². The minimum absolute atomic E-state index is 0.0873. The summed E-state index contributed by atoms with van der Waals surface area (Å²) < 4.78 is 45.0. The zero-order valence-electron chi connectivity index (χ0n) is 22.8. The number of aliphatic hydroxyl groups is 1. The SMILES string of the molecule is COc1ccc(S(=O)(=O)N2CC3(CN(Cc4ccccc4OC)[C@H](CO)c4[nH]c5cc(OC)ccc5c43)C2)cc1. The molecular formula is C30H33N3O6S. The molecule has 0 amide bonds. The molecule has 0 bridgehead atoms. The molecule has 10 heteroatoms. The monoisotopic (exact) mass is 563 g/mol. The summed E-state index contributed by atoms with van der Waals surface area (Å²) in [6.07, 6.45) is 0. The zero-order valence-corrected chi connectivity index (χ0v) is 23.6. The lowest BCUT2D eigenvalue weighted by Crippen LogP contribution is -2.67. The van der Waals surface area contributed by atoms with Crippen LogP contribution in [-0.4, -0.2) is 75.3 Å². The highest BCUT2D eigenvalue weighted by atomic mass is 32.2. The Morgan fingerprint density at radius 1 is 0.925 bits per heavy atom. The fourth-order valence-electron chi connectivity index (χ4n) is 6.29. The summed E-state index contributed by atoms with van der Waals surface area (Å²) in [6.45, 7) is 1.69. The van der Waals surface area contributed by atoms with E-state index in [1.165, 1.54) is 0 Å². The van der Waals surface area contributed by atoms with Gasteiger partial charge >= 0.3 is 0 Å². The first-order valence-corrected chi connectivity index (χ1v) is 14.6. The van der Waals surface area contributed by atoms with Gasteiger partial charge in [-0.3, -0.25) is 4.90 Å². The Hall–Kier alpha value is -3.57. The maximum atomic E-state index is 13.6. The number of fused-ring (bicyclic) bond motifs is 4. The van der Waals surface area contributed by atoms with Crippen molar-refractivity contribution >= 4 is 20.9 Å². The average Bonchev–Trinajstić information content (AvgIpc) is 3.34. The fourth-order valence-corrected chi connectivity index (χ4v) is 7.90. The molecule has 1 fully saturated rings. The Kier molecular flexibility index (Phi) is 6.74. The second-order valence-corrected chi connectivity index (χ2v) is 12.4. The number of hydrogen-bond donors (Lipinski definition) is 2. The van der Waals surface area contributed by atoms with Gasteiger partial charge in [-0.05, 0) is 48.0 Å². The molecule has 4 aromatic rings. The van der Waals surface area contributed by atoms with Gasteiger partial charge in [0, 0.05) is 59.8 Å². The van der Waals surface area contributed by atoms with Gasteiger partial charge in [0.2, 0.25) is 10.0 Å². The molecule has 0 aliphatic carbocycles.